The summed E-state index contributed by atoms with van der Waals surface area (Å²) in [7, 11) is 0. The second-order valence-electron chi connectivity index (χ2n) is 5.94. The van der Waals surface area contributed by atoms with Crippen LogP contribution in [-0.4, -0.2) is 20.2 Å². The summed E-state index contributed by atoms with van der Waals surface area (Å²) in [6, 6.07) is 16.7. The molecule has 1 aromatic carbocycles. The molecule has 4 rings (SSSR count). The number of hydrogen-bond acceptors (Lipinski definition) is 6. The predicted octanol–water partition coefficient (Wildman–Crippen LogP) is 5.02. The van der Waals surface area contributed by atoms with Crippen molar-refractivity contribution >= 4 is 17.4 Å². The standard InChI is InChI=1S/C20H16ClN5O/c1-13(17-6-2-3-11-22-17)24-18-16(5-4-12-23-18)20-26-25-19(27-20)14-7-9-15(21)10-8-14/h2-13H,1H3,(H,23,24). The number of hydrogen-bond donors (Lipinski definition) is 1. The zero-order chi connectivity index (χ0) is 18.6. The van der Waals surface area contributed by atoms with E-state index in [2.05, 4.69) is 25.5 Å². The maximum absolute atomic E-state index is 5.93. The summed E-state index contributed by atoms with van der Waals surface area (Å²) in [5.74, 6) is 1.47. The number of aromatic nitrogens is 4. The van der Waals surface area contributed by atoms with E-state index in [0.717, 1.165) is 16.8 Å². The van der Waals surface area contributed by atoms with Crippen LogP contribution in [0.3, 0.4) is 0 Å². The van der Waals surface area contributed by atoms with Gasteiger partial charge >= 0.3 is 0 Å². The SMILES string of the molecule is CC(Nc1ncccc1-c1nnc(-c2ccc(Cl)cc2)o1)c1ccccn1. The molecule has 0 saturated heterocycles. The summed E-state index contributed by atoms with van der Waals surface area (Å²) < 4.78 is 5.86. The Morgan fingerprint density at radius 2 is 1.67 bits per heavy atom. The lowest BCUT2D eigenvalue weighted by Crippen LogP contribution is -2.10. The molecule has 7 heteroatoms. The number of nitrogens with zero attached hydrogens (tertiary/aromatic N) is 4. The van der Waals surface area contributed by atoms with E-state index in [1.54, 1.807) is 24.5 Å². The van der Waals surface area contributed by atoms with Crippen LogP contribution in [0.5, 0.6) is 0 Å². The van der Waals surface area contributed by atoms with Crippen LogP contribution in [-0.2, 0) is 0 Å². The molecule has 0 spiro atoms. The van der Waals surface area contributed by atoms with Gasteiger partial charge in [0.1, 0.15) is 5.82 Å². The molecule has 134 valence electrons. The molecule has 1 unspecified atom stereocenters. The van der Waals surface area contributed by atoms with Gasteiger partial charge in [-0.3, -0.25) is 4.98 Å². The molecule has 0 amide bonds. The summed E-state index contributed by atoms with van der Waals surface area (Å²) in [6.45, 7) is 2.02. The van der Waals surface area contributed by atoms with Crippen molar-refractivity contribution in [2.24, 2.45) is 0 Å². The van der Waals surface area contributed by atoms with Gasteiger partial charge in [-0.25, -0.2) is 4.98 Å². The van der Waals surface area contributed by atoms with Gasteiger partial charge in [-0.1, -0.05) is 17.7 Å². The van der Waals surface area contributed by atoms with Crippen molar-refractivity contribution in [2.75, 3.05) is 5.32 Å². The number of benzene rings is 1. The van der Waals surface area contributed by atoms with Gasteiger partial charge in [0.2, 0.25) is 5.89 Å². The van der Waals surface area contributed by atoms with Gasteiger partial charge in [0.05, 0.1) is 17.3 Å². The van der Waals surface area contributed by atoms with Gasteiger partial charge in [0.15, 0.2) is 0 Å². The average Bonchev–Trinajstić information content (AvgIpc) is 3.19. The Morgan fingerprint density at radius 1 is 0.889 bits per heavy atom. The van der Waals surface area contributed by atoms with Crippen LogP contribution in [0.15, 0.2) is 71.4 Å². The number of nitrogens with one attached hydrogen (secondary N) is 1. The van der Waals surface area contributed by atoms with Crippen molar-refractivity contribution in [1.29, 1.82) is 0 Å². The van der Waals surface area contributed by atoms with Crippen LogP contribution in [0.2, 0.25) is 5.02 Å². The summed E-state index contributed by atoms with van der Waals surface area (Å²) in [5, 5.41) is 12.3. The third-order valence-corrected chi connectivity index (χ3v) is 4.29. The average molecular weight is 378 g/mol. The van der Waals surface area contributed by atoms with Crippen molar-refractivity contribution in [2.45, 2.75) is 13.0 Å². The molecule has 0 bridgehead atoms. The van der Waals surface area contributed by atoms with Crippen molar-refractivity contribution < 1.29 is 4.42 Å². The van der Waals surface area contributed by atoms with Crippen LogP contribution in [0, 0.1) is 0 Å². The Kier molecular flexibility index (Phi) is 4.80. The van der Waals surface area contributed by atoms with E-state index in [9.17, 15) is 0 Å². The molecule has 1 N–H and O–H groups in total. The van der Waals surface area contributed by atoms with Gasteiger partial charge in [0.25, 0.3) is 5.89 Å². The maximum atomic E-state index is 5.93. The maximum Gasteiger partial charge on any atom is 0.251 e. The van der Waals surface area contributed by atoms with E-state index >= 15 is 0 Å². The van der Waals surface area contributed by atoms with Crippen molar-refractivity contribution in [3.05, 3.63) is 77.7 Å². The first-order valence-electron chi connectivity index (χ1n) is 8.43. The first-order chi connectivity index (χ1) is 13.2. The Bertz CT molecular complexity index is 1030. The van der Waals surface area contributed by atoms with E-state index < -0.39 is 0 Å². The first kappa shape index (κ1) is 17.2. The Balaban J connectivity index is 1.62. The molecule has 3 aromatic heterocycles. The summed E-state index contributed by atoms with van der Waals surface area (Å²) >= 11 is 5.93. The quantitative estimate of drug-likeness (QED) is 0.526. The largest absolute Gasteiger partial charge is 0.416 e. The zero-order valence-corrected chi connectivity index (χ0v) is 15.3. The van der Waals surface area contributed by atoms with Crippen molar-refractivity contribution in [3.63, 3.8) is 0 Å². The smallest absolute Gasteiger partial charge is 0.251 e. The molecule has 0 saturated carbocycles. The van der Waals surface area contributed by atoms with Gasteiger partial charge in [-0.15, -0.1) is 10.2 Å². The molecule has 0 radical (unpaired) electrons. The normalized spacial score (nSPS) is 11.9. The van der Waals surface area contributed by atoms with E-state index in [-0.39, 0.29) is 6.04 Å². The monoisotopic (exact) mass is 377 g/mol. The van der Waals surface area contributed by atoms with E-state index in [4.69, 9.17) is 16.0 Å². The predicted molar refractivity (Wildman–Crippen MR) is 104 cm³/mol. The molecule has 6 nitrogen and oxygen atoms in total. The molecule has 0 aliphatic rings. The number of pyridine rings is 2. The highest BCUT2D eigenvalue weighted by Gasteiger charge is 2.16. The zero-order valence-electron chi connectivity index (χ0n) is 14.5. The third kappa shape index (κ3) is 3.80. The lowest BCUT2D eigenvalue weighted by atomic mass is 10.2. The fourth-order valence-electron chi connectivity index (χ4n) is 2.65. The molecular formula is C20H16ClN5O. The fourth-order valence-corrected chi connectivity index (χ4v) is 2.77. The molecule has 1 atom stereocenters. The number of rotatable bonds is 5. The second-order valence-corrected chi connectivity index (χ2v) is 6.38. The van der Waals surface area contributed by atoms with Gasteiger partial charge in [-0.2, -0.15) is 0 Å². The van der Waals surface area contributed by atoms with Crippen LogP contribution in [0.25, 0.3) is 22.9 Å². The lowest BCUT2D eigenvalue weighted by molar-refractivity contribution is 0.584. The second kappa shape index (κ2) is 7.55. The van der Waals surface area contributed by atoms with Gasteiger partial charge < -0.3 is 9.73 Å². The minimum atomic E-state index is -0.0292. The first-order valence-corrected chi connectivity index (χ1v) is 8.81. The van der Waals surface area contributed by atoms with Crippen LogP contribution < -0.4 is 5.32 Å². The summed E-state index contributed by atoms with van der Waals surface area (Å²) in [5.41, 5.74) is 2.45. The highest BCUT2D eigenvalue weighted by Crippen LogP contribution is 2.30. The van der Waals surface area contributed by atoms with Gasteiger partial charge in [-0.05, 0) is 55.5 Å². The molecule has 0 fully saturated rings. The Hall–Kier alpha value is -3.25. The van der Waals surface area contributed by atoms with Crippen molar-refractivity contribution in [1.82, 2.24) is 20.2 Å². The third-order valence-electron chi connectivity index (χ3n) is 4.04. The van der Waals surface area contributed by atoms with Crippen LogP contribution >= 0.6 is 11.6 Å². The molecule has 0 aliphatic carbocycles. The summed E-state index contributed by atoms with van der Waals surface area (Å²) in [6.07, 6.45) is 3.48. The molecule has 27 heavy (non-hydrogen) atoms. The van der Waals surface area contributed by atoms with Crippen LogP contribution in [0.4, 0.5) is 5.82 Å². The highest BCUT2D eigenvalue weighted by molar-refractivity contribution is 6.30. The van der Waals surface area contributed by atoms with Gasteiger partial charge in [0, 0.05) is 23.0 Å². The number of anilines is 1. The highest BCUT2D eigenvalue weighted by atomic mass is 35.5. The number of halogens is 1. The summed E-state index contributed by atoms with van der Waals surface area (Å²) in [4.78, 5) is 8.81. The molecular weight excluding hydrogens is 362 g/mol. The van der Waals surface area contributed by atoms with Crippen LogP contribution in [0.1, 0.15) is 18.7 Å². The van der Waals surface area contributed by atoms with Crippen molar-refractivity contribution in [3.8, 4) is 22.9 Å². The van der Waals surface area contributed by atoms with E-state index in [1.807, 2.05) is 49.4 Å². The molecule has 0 aliphatic heterocycles. The minimum absolute atomic E-state index is 0.0292. The molecule has 3 heterocycles. The lowest BCUT2D eigenvalue weighted by Gasteiger charge is -2.15. The molecule has 4 aromatic rings. The minimum Gasteiger partial charge on any atom is -0.416 e. The topological polar surface area (TPSA) is 76.7 Å². The Morgan fingerprint density at radius 3 is 2.44 bits per heavy atom. The van der Waals surface area contributed by atoms with E-state index in [0.29, 0.717) is 22.6 Å². The van der Waals surface area contributed by atoms with E-state index in [1.165, 1.54) is 0 Å². The Labute approximate surface area is 161 Å². The fraction of sp³-hybridized carbons (Fsp3) is 0.100.